The number of rotatable bonds is 6. The molecule has 2 aromatic heterocycles. The Kier molecular flexibility index (Phi) is 4.82. The van der Waals surface area contributed by atoms with Crippen molar-refractivity contribution < 1.29 is 9.13 Å². The maximum Gasteiger partial charge on any atom is 0.262 e. The van der Waals surface area contributed by atoms with E-state index in [0.29, 0.717) is 34.6 Å². The lowest BCUT2D eigenvalue weighted by atomic mass is 10.1. The predicted molar refractivity (Wildman–Crippen MR) is 116 cm³/mol. The highest BCUT2D eigenvalue weighted by Gasteiger charge is 2.24. The molecule has 0 bridgehead atoms. The van der Waals surface area contributed by atoms with Crippen LogP contribution in [0.15, 0.2) is 41.5 Å². The minimum absolute atomic E-state index is 0.0258. The summed E-state index contributed by atoms with van der Waals surface area (Å²) in [6.45, 7) is 2.77. The number of benzene rings is 1. The summed E-state index contributed by atoms with van der Waals surface area (Å²) >= 11 is 0. The Morgan fingerprint density at radius 1 is 1.26 bits per heavy atom. The smallest absolute Gasteiger partial charge is 0.262 e. The van der Waals surface area contributed by atoms with Gasteiger partial charge in [0.15, 0.2) is 11.6 Å². The van der Waals surface area contributed by atoms with Crippen molar-refractivity contribution in [1.82, 2.24) is 20.0 Å². The van der Waals surface area contributed by atoms with Gasteiger partial charge in [-0.15, -0.1) is 0 Å². The van der Waals surface area contributed by atoms with Crippen LogP contribution in [0.2, 0.25) is 0 Å². The van der Waals surface area contributed by atoms with E-state index in [1.807, 2.05) is 6.92 Å². The molecule has 1 atom stereocenters. The number of nitrogens with one attached hydrogen (secondary N) is 3. The van der Waals surface area contributed by atoms with E-state index in [1.165, 1.54) is 35.7 Å². The van der Waals surface area contributed by atoms with Gasteiger partial charge in [-0.25, -0.2) is 19.8 Å². The third-order valence-corrected chi connectivity index (χ3v) is 5.67. The van der Waals surface area contributed by atoms with Crippen LogP contribution in [-0.2, 0) is 7.05 Å². The van der Waals surface area contributed by atoms with E-state index in [-0.39, 0.29) is 17.4 Å². The van der Waals surface area contributed by atoms with E-state index < -0.39 is 5.82 Å². The fraction of sp³-hybridized carbons (Fsp3) is 0.318. The first kappa shape index (κ1) is 19.5. The van der Waals surface area contributed by atoms with Crippen LogP contribution < -0.4 is 26.5 Å². The van der Waals surface area contributed by atoms with Crippen LogP contribution in [0.5, 0.6) is 11.5 Å². The molecule has 1 saturated carbocycles. The van der Waals surface area contributed by atoms with Crippen molar-refractivity contribution in [1.29, 1.82) is 0 Å². The molecule has 3 N–H and O–H groups in total. The molecule has 0 radical (unpaired) electrons. The van der Waals surface area contributed by atoms with Crippen molar-refractivity contribution in [2.75, 3.05) is 17.3 Å². The van der Waals surface area contributed by atoms with Gasteiger partial charge in [0.1, 0.15) is 11.6 Å². The molecule has 160 valence electrons. The average molecular weight is 422 g/mol. The number of hydrogen-bond donors (Lipinski definition) is 3. The van der Waals surface area contributed by atoms with E-state index in [9.17, 15) is 9.18 Å². The molecule has 3 heterocycles. The van der Waals surface area contributed by atoms with E-state index in [2.05, 4.69) is 26.1 Å². The predicted octanol–water partition coefficient (Wildman–Crippen LogP) is 3.59. The summed E-state index contributed by atoms with van der Waals surface area (Å²) in [5.74, 6) is 1.87. The van der Waals surface area contributed by atoms with Crippen LogP contribution in [0, 0.1) is 11.7 Å². The van der Waals surface area contributed by atoms with Gasteiger partial charge in [0, 0.05) is 26.0 Å². The Morgan fingerprint density at radius 2 is 2.10 bits per heavy atom. The molecule has 0 saturated heterocycles. The van der Waals surface area contributed by atoms with E-state index in [1.54, 1.807) is 25.4 Å². The van der Waals surface area contributed by atoms with Gasteiger partial charge in [0.25, 0.3) is 5.56 Å². The summed E-state index contributed by atoms with van der Waals surface area (Å²) in [7, 11) is 1.66. The lowest BCUT2D eigenvalue weighted by molar-refractivity contribution is 0.434. The van der Waals surface area contributed by atoms with Crippen molar-refractivity contribution in [2.24, 2.45) is 13.0 Å². The van der Waals surface area contributed by atoms with Crippen LogP contribution in [0.4, 0.5) is 16.2 Å². The topological polar surface area (TPSA) is 93.1 Å². The Labute approximate surface area is 178 Å². The number of pyridine rings is 1. The number of halogens is 1. The summed E-state index contributed by atoms with van der Waals surface area (Å²) in [5, 5.41) is 3.21. The fourth-order valence-electron chi connectivity index (χ4n) is 3.65. The van der Waals surface area contributed by atoms with Crippen molar-refractivity contribution in [2.45, 2.75) is 25.8 Å². The Balaban J connectivity index is 1.41. The number of hydrazine groups is 1. The lowest BCUT2D eigenvalue weighted by Crippen LogP contribution is -2.24. The molecule has 3 aromatic rings. The second kappa shape index (κ2) is 7.66. The maximum atomic E-state index is 14.9. The summed E-state index contributed by atoms with van der Waals surface area (Å²) in [6.07, 6.45) is 5.50. The number of anilines is 2. The zero-order chi connectivity index (χ0) is 21.5. The third kappa shape index (κ3) is 3.72. The van der Waals surface area contributed by atoms with Crippen molar-refractivity contribution >= 4 is 11.8 Å². The highest BCUT2D eigenvalue weighted by atomic mass is 19.1. The monoisotopic (exact) mass is 422 g/mol. The van der Waals surface area contributed by atoms with Crippen LogP contribution >= 0.6 is 0 Å². The standard InChI is InChI=1S/C22H23FN6O2/c1-12-19-18(7-8-24-20(19)28-27-12)31-17-6-5-14(9-16(17)23)15-11-26-22(29(2)21(15)30)25-10-13-3-4-13/h5-9,11-13,27H,3-4,10H2,1-2H3,(H,24,28)(H,25,26). The summed E-state index contributed by atoms with van der Waals surface area (Å²) in [6, 6.07) is 6.16. The molecule has 1 unspecified atom stereocenters. The number of aromatic nitrogens is 3. The molecular weight excluding hydrogens is 399 g/mol. The Morgan fingerprint density at radius 3 is 2.87 bits per heavy atom. The maximum absolute atomic E-state index is 14.9. The van der Waals surface area contributed by atoms with Gasteiger partial charge in [-0.3, -0.25) is 9.36 Å². The molecule has 9 heteroatoms. The van der Waals surface area contributed by atoms with Gasteiger partial charge in [-0.05, 0) is 49.4 Å². The molecule has 8 nitrogen and oxygen atoms in total. The highest BCUT2D eigenvalue weighted by Crippen LogP contribution is 2.37. The minimum Gasteiger partial charge on any atom is -0.454 e. The molecule has 31 heavy (non-hydrogen) atoms. The van der Waals surface area contributed by atoms with Crippen molar-refractivity contribution in [3.8, 4) is 22.6 Å². The fourth-order valence-corrected chi connectivity index (χ4v) is 3.65. The van der Waals surface area contributed by atoms with Gasteiger partial charge < -0.3 is 15.5 Å². The van der Waals surface area contributed by atoms with Crippen molar-refractivity contribution in [3.63, 3.8) is 0 Å². The molecule has 1 aliphatic heterocycles. The van der Waals surface area contributed by atoms with Gasteiger partial charge in [0.2, 0.25) is 5.95 Å². The largest absolute Gasteiger partial charge is 0.454 e. The zero-order valence-corrected chi connectivity index (χ0v) is 17.3. The highest BCUT2D eigenvalue weighted by molar-refractivity contribution is 5.64. The molecule has 1 aromatic carbocycles. The summed E-state index contributed by atoms with van der Waals surface area (Å²) in [4.78, 5) is 21.4. The van der Waals surface area contributed by atoms with Gasteiger partial charge >= 0.3 is 0 Å². The van der Waals surface area contributed by atoms with Gasteiger partial charge in [-0.1, -0.05) is 6.07 Å². The van der Waals surface area contributed by atoms with Crippen molar-refractivity contribution in [3.05, 3.63) is 58.4 Å². The molecular formula is C22H23FN6O2. The molecule has 0 spiro atoms. The first-order valence-corrected chi connectivity index (χ1v) is 10.3. The van der Waals surface area contributed by atoms with E-state index in [4.69, 9.17) is 4.74 Å². The first-order chi connectivity index (χ1) is 15.0. The summed E-state index contributed by atoms with van der Waals surface area (Å²) < 4.78 is 22.2. The average Bonchev–Trinajstić information content (AvgIpc) is 3.52. The Hall–Kier alpha value is -3.46. The summed E-state index contributed by atoms with van der Waals surface area (Å²) in [5.41, 5.74) is 7.40. The van der Waals surface area contributed by atoms with E-state index in [0.717, 1.165) is 12.1 Å². The third-order valence-electron chi connectivity index (χ3n) is 5.67. The number of fused-ring (bicyclic) bond motifs is 1. The molecule has 1 aliphatic carbocycles. The molecule has 2 aliphatic rings. The molecule has 5 rings (SSSR count). The number of hydrogen-bond acceptors (Lipinski definition) is 7. The van der Waals surface area contributed by atoms with E-state index >= 15 is 0 Å². The molecule has 1 fully saturated rings. The van der Waals surface area contributed by atoms with Crippen LogP contribution in [-0.4, -0.2) is 21.1 Å². The van der Waals surface area contributed by atoms with Gasteiger partial charge in [-0.2, -0.15) is 0 Å². The lowest BCUT2D eigenvalue weighted by Gasteiger charge is -2.13. The number of ether oxygens (including phenoxy) is 1. The second-order valence-corrected chi connectivity index (χ2v) is 7.99. The van der Waals surface area contributed by atoms with Gasteiger partial charge in [0.05, 0.1) is 17.2 Å². The van der Waals surface area contributed by atoms with Crippen LogP contribution in [0.25, 0.3) is 11.1 Å². The Bertz CT molecular complexity index is 1210. The SMILES string of the molecule is CC1NNc2nccc(Oc3ccc(-c4cnc(NCC5CC5)n(C)c4=O)cc3F)c21. The normalized spacial score (nSPS) is 17.2. The molecule has 0 amide bonds. The zero-order valence-electron chi connectivity index (χ0n) is 17.3. The number of nitrogens with zero attached hydrogens (tertiary/aromatic N) is 3. The van der Waals surface area contributed by atoms with Crippen LogP contribution in [0.1, 0.15) is 31.4 Å². The first-order valence-electron chi connectivity index (χ1n) is 10.3. The minimum atomic E-state index is -0.562. The van der Waals surface area contributed by atoms with Crippen LogP contribution in [0.3, 0.4) is 0 Å². The second-order valence-electron chi connectivity index (χ2n) is 7.99. The quantitative estimate of drug-likeness (QED) is 0.559.